The third kappa shape index (κ3) is 7.99. The minimum Gasteiger partial charge on any atom is -0.333 e. The number of nitrogens with zero attached hydrogens (tertiary/aromatic N) is 3. The third-order valence-corrected chi connectivity index (χ3v) is 8.39. The molecule has 249 valence electrons. The molecule has 0 spiro atoms. The van der Waals surface area contributed by atoms with Gasteiger partial charge in [-0.05, 0) is 69.4 Å². The monoisotopic (exact) mass is 821 g/mol. The van der Waals surface area contributed by atoms with Crippen LogP contribution in [0.3, 0.4) is 0 Å². The van der Waals surface area contributed by atoms with E-state index < -0.39 is 17.7 Å². The van der Waals surface area contributed by atoms with E-state index in [-0.39, 0.29) is 20.1 Å². The van der Waals surface area contributed by atoms with Gasteiger partial charge in [-0.3, -0.25) is 4.98 Å². The maximum Gasteiger partial charge on any atom is 0.0774 e. The molecule has 4 heteroatoms. The molecule has 2 heterocycles. The number of hydrogen-bond donors (Lipinski definition) is 0. The summed E-state index contributed by atoms with van der Waals surface area (Å²) in [6, 6.07) is 48.4. The molecule has 5 aromatic carbocycles. The van der Waals surface area contributed by atoms with Gasteiger partial charge in [0.05, 0.1) is 16.9 Å². The van der Waals surface area contributed by atoms with Gasteiger partial charge in [0.1, 0.15) is 0 Å². The number of para-hydroxylation sites is 3. The van der Waals surface area contributed by atoms with Crippen molar-refractivity contribution in [3.05, 3.63) is 162 Å². The molecule has 0 amide bonds. The average molecular weight is 821 g/mol. The average Bonchev–Trinajstić information content (AvgIpc) is 3.51. The van der Waals surface area contributed by atoms with Crippen LogP contribution in [-0.2, 0) is 20.1 Å². The van der Waals surface area contributed by atoms with Crippen molar-refractivity contribution in [3.8, 4) is 39.5 Å². The Labute approximate surface area is 309 Å². The summed E-state index contributed by atoms with van der Waals surface area (Å²) in [5, 5.41) is 0. The van der Waals surface area contributed by atoms with Gasteiger partial charge in [-0.25, -0.2) is 0 Å². The van der Waals surface area contributed by atoms with Crippen LogP contribution in [-0.4, -0.2) is 14.5 Å². The first-order valence-corrected chi connectivity index (χ1v) is 16.3. The van der Waals surface area contributed by atoms with Crippen molar-refractivity contribution in [2.45, 2.75) is 59.2 Å². The van der Waals surface area contributed by atoms with Gasteiger partial charge in [-0.2, -0.15) is 0 Å². The minimum atomic E-state index is -0.834. The van der Waals surface area contributed by atoms with E-state index in [1.165, 1.54) is 0 Å². The van der Waals surface area contributed by atoms with Crippen LogP contribution in [0.25, 0.3) is 50.5 Å². The second kappa shape index (κ2) is 16.2. The maximum absolute atomic E-state index is 8.80. The summed E-state index contributed by atoms with van der Waals surface area (Å²) >= 11 is 0. The van der Waals surface area contributed by atoms with Crippen LogP contribution in [0.1, 0.15) is 80.0 Å². The second-order valence-electron chi connectivity index (χ2n) is 12.5. The Morgan fingerprint density at radius 1 is 0.612 bits per heavy atom. The minimum absolute atomic E-state index is 0. The molecular formula is C45H43IrN3-2. The molecule has 7 rings (SSSR count). The maximum atomic E-state index is 8.80. The molecule has 7 aromatic rings. The summed E-state index contributed by atoms with van der Waals surface area (Å²) < 4.78 is 27.8. The van der Waals surface area contributed by atoms with Crippen LogP contribution in [0.5, 0.6) is 0 Å². The fraction of sp³-hybridized carbons (Fsp3) is 0.200. The number of rotatable bonds is 7. The topological polar surface area (TPSA) is 30.7 Å². The Morgan fingerprint density at radius 2 is 1.22 bits per heavy atom. The van der Waals surface area contributed by atoms with Gasteiger partial charge in [0, 0.05) is 36.1 Å². The Hall–Kier alpha value is -4.63. The van der Waals surface area contributed by atoms with Crippen molar-refractivity contribution >= 4 is 11.0 Å². The third-order valence-electron chi connectivity index (χ3n) is 8.39. The Morgan fingerprint density at radius 3 is 1.82 bits per heavy atom. The number of fused-ring (bicyclic) bond motifs is 1. The fourth-order valence-corrected chi connectivity index (χ4v) is 5.86. The molecule has 0 aliphatic heterocycles. The molecule has 3 nitrogen and oxygen atoms in total. The first-order valence-electron chi connectivity index (χ1n) is 17.8. The Kier molecular flexibility index (Phi) is 10.4. The molecule has 0 N–H and O–H groups in total. The Balaban J connectivity index is 0.000000205. The van der Waals surface area contributed by atoms with Crippen molar-refractivity contribution in [1.29, 1.82) is 0 Å². The fourth-order valence-electron chi connectivity index (χ4n) is 5.86. The van der Waals surface area contributed by atoms with Crippen LogP contribution >= 0.6 is 0 Å². The molecule has 0 atom stereocenters. The standard InChI is InChI=1S/C25H25N2.C20H18N.Ir/c1-17(2)20-13-10-14-21(18(3)4)24(20)27-23-16-9-8-15-22(23)26-25(27)19-11-6-5-7-12-19;1-15(2)16-8-10-17(11-9-16)19-12-13-21-20(14-19)18-6-4-3-5-7-18;/h5-11,13-18H,1-4H3;3-6,8-15H,1-2H3;/q2*-1;/i17D,18D;15D;. The molecule has 49 heavy (non-hydrogen) atoms. The van der Waals surface area contributed by atoms with Gasteiger partial charge in [-0.1, -0.05) is 102 Å². The SMILES string of the molecule is [2H]C(C)(C)c1ccc(-c2ccnc(-c3[c-]cccc3)c2)cc1.[2H]C(C)(C)c1cccc(C([2H])(C)C)c1-n1c(-c2[c-]cccc2)nc2ccccc21.[Ir]. The number of pyridine rings is 1. The quantitative estimate of drug-likeness (QED) is 0.150. The molecule has 0 fully saturated rings. The molecular weight excluding hydrogens is 775 g/mol. The summed E-state index contributed by atoms with van der Waals surface area (Å²) in [5.74, 6) is -1.46. The van der Waals surface area contributed by atoms with Gasteiger partial charge in [0.25, 0.3) is 0 Å². The van der Waals surface area contributed by atoms with Gasteiger partial charge < -0.3 is 9.55 Å². The number of hydrogen-bond acceptors (Lipinski definition) is 2. The summed E-state index contributed by atoms with van der Waals surface area (Å²) in [4.78, 5) is 9.35. The van der Waals surface area contributed by atoms with Crippen molar-refractivity contribution in [2.24, 2.45) is 0 Å². The van der Waals surface area contributed by atoms with E-state index in [0.717, 1.165) is 67.2 Å². The summed E-state index contributed by atoms with van der Waals surface area (Å²) in [7, 11) is 0. The van der Waals surface area contributed by atoms with Crippen LogP contribution in [0.4, 0.5) is 0 Å². The van der Waals surface area contributed by atoms with Crippen LogP contribution in [0.2, 0.25) is 0 Å². The zero-order valence-corrected chi connectivity index (χ0v) is 31.3. The van der Waals surface area contributed by atoms with Gasteiger partial charge in [-0.15, -0.1) is 71.8 Å². The van der Waals surface area contributed by atoms with Gasteiger partial charge in [0.2, 0.25) is 0 Å². The summed E-state index contributed by atoms with van der Waals surface area (Å²) in [6.45, 7) is 11.4. The first kappa shape index (κ1) is 31.6. The molecule has 0 unspecified atom stereocenters. The zero-order valence-electron chi connectivity index (χ0n) is 31.9. The van der Waals surface area contributed by atoms with Crippen molar-refractivity contribution in [3.63, 3.8) is 0 Å². The van der Waals surface area contributed by atoms with E-state index in [2.05, 4.69) is 39.9 Å². The Bertz CT molecular complexity index is 2210. The van der Waals surface area contributed by atoms with E-state index >= 15 is 0 Å². The van der Waals surface area contributed by atoms with E-state index in [0.29, 0.717) is 0 Å². The van der Waals surface area contributed by atoms with Crippen molar-refractivity contribution in [2.75, 3.05) is 0 Å². The van der Waals surface area contributed by atoms with Crippen LogP contribution < -0.4 is 0 Å². The van der Waals surface area contributed by atoms with E-state index in [1.54, 1.807) is 0 Å². The predicted molar refractivity (Wildman–Crippen MR) is 202 cm³/mol. The molecule has 0 aliphatic carbocycles. The molecule has 0 aliphatic rings. The predicted octanol–water partition coefficient (Wildman–Crippen LogP) is 12.1. The number of benzene rings is 5. The number of imidazole rings is 1. The smallest absolute Gasteiger partial charge is 0.0774 e. The second-order valence-corrected chi connectivity index (χ2v) is 12.5. The van der Waals surface area contributed by atoms with E-state index in [9.17, 15) is 0 Å². The van der Waals surface area contributed by atoms with Crippen molar-refractivity contribution < 1.29 is 24.2 Å². The molecule has 0 saturated heterocycles. The van der Waals surface area contributed by atoms with Crippen LogP contribution in [0, 0.1) is 12.1 Å². The van der Waals surface area contributed by atoms with E-state index in [4.69, 9.17) is 9.10 Å². The summed E-state index contributed by atoms with van der Waals surface area (Å²) in [5.41, 5.74) is 10.5. The molecule has 0 saturated carbocycles. The van der Waals surface area contributed by atoms with E-state index in [1.807, 2.05) is 157 Å². The normalized spacial score (nSPS) is 12.6. The molecule has 2 aromatic heterocycles. The van der Waals surface area contributed by atoms with Crippen molar-refractivity contribution in [1.82, 2.24) is 14.5 Å². The first-order chi connectivity index (χ1) is 24.2. The number of aromatic nitrogens is 3. The van der Waals surface area contributed by atoms with Gasteiger partial charge in [0.15, 0.2) is 0 Å². The summed E-state index contributed by atoms with van der Waals surface area (Å²) in [6.07, 6.45) is 1.83. The molecule has 1 radical (unpaired) electrons. The molecule has 0 bridgehead atoms. The largest absolute Gasteiger partial charge is 0.333 e. The van der Waals surface area contributed by atoms with Crippen LogP contribution in [0.15, 0.2) is 134 Å². The zero-order chi connectivity index (χ0) is 36.4. The van der Waals surface area contributed by atoms with Gasteiger partial charge >= 0.3 is 0 Å².